The summed E-state index contributed by atoms with van der Waals surface area (Å²) in [6, 6.07) is 18.5. The Kier molecular flexibility index (Phi) is 2.63. The monoisotopic (exact) mass is 314 g/mol. The van der Waals surface area contributed by atoms with Crippen LogP contribution in [-0.2, 0) is 4.74 Å². The second kappa shape index (κ2) is 4.71. The summed E-state index contributed by atoms with van der Waals surface area (Å²) in [7, 11) is 0. The molecule has 0 bridgehead atoms. The Morgan fingerprint density at radius 1 is 0.917 bits per heavy atom. The highest BCUT2D eigenvalue weighted by molar-refractivity contribution is 6.32. The minimum absolute atomic E-state index is 0.253. The molecule has 0 N–H and O–H groups in total. The molecule has 4 aromatic carbocycles. The van der Waals surface area contributed by atoms with Crippen molar-refractivity contribution in [3.05, 3.63) is 60.4 Å². The van der Waals surface area contributed by atoms with E-state index in [1.807, 2.05) is 12.1 Å². The van der Waals surface area contributed by atoms with Crippen LogP contribution in [0.25, 0.3) is 43.3 Å². The first-order valence-electron chi connectivity index (χ1n) is 8.04. The zero-order valence-electron chi connectivity index (χ0n) is 13.1. The van der Waals surface area contributed by atoms with Crippen LogP contribution in [0.2, 0.25) is 0 Å². The molecule has 5 rings (SSSR count). The van der Waals surface area contributed by atoms with E-state index in [0.29, 0.717) is 6.61 Å². The molecule has 0 aliphatic carbocycles. The number of esters is 1. The quantitative estimate of drug-likeness (QED) is 0.319. The molecular formula is C21H14O3. The molecule has 0 saturated heterocycles. The molecule has 24 heavy (non-hydrogen) atoms. The van der Waals surface area contributed by atoms with Crippen LogP contribution in [0.15, 0.2) is 59.0 Å². The first-order chi connectivity index (χ1) is 11.8. The van der Waals surface area contributed by atoms with Gasteiger partial charge in [0.2, 0.25) is 5.76 Å². The second-order valence-corrected chi connectivity index (χ2v) is 5.95. The van der Waals surface area contributed by atoms with E-state index in [1.165, 1.54) is 21.5 Å². The standard InChI is InChI=1S/C21H14O3/c1-2-23-21(22)17-11-16-14-7-3-5-12-9-10-13-6-4-8-15(20(16)24-17)19(13)18(12)14/h3-11H,2H2,1H3. The fourth-order valence-corrected chi connectivity index (χ4v) is 3.66. The smallest absolute Gasteiger partial charge is 0.374 e. The summed E-state index contributed by atoms with van der Waals surface area (Å²) in [4.78, 5) is 12.1. The maximum Gasteiger partial charge on any atom is 0.374 e. The van der Waals surface area contributed by atoms with Gasteiger partial charge in [-0.2, -0.15) is 0 Å². The highest BCUT2D eigenvalue weighted by Crippen LogP contribution is 2.41. The van der Waals surface area contributed by atoms with E-state index in [-0.39, 0.29) is 5.76 Å². The fourth-order valence-electron chi connectivity index (χ4n) is 3.66. The van der Waals surface area contributed by atoms with Crippen molar-refractivity contribution in [1.82, 2.24) is 0 Å². The third kappa shape index (κ3) is 1.64. The van der Waals surface area contributed by atoms with Crippen LogP contribution < -0.4 is 0 Å². The Bertz CT molecular complexity index is 1140. The average Bonchev–Trinajstić information content (AvgIpc) is 3.06. The molecular weight excluding hydrogens is 300 g/mol. The number of fused-ring (bicyclic) bond motifs is 3. The van der Waals surface area contributed by atoms with E-state index in [1.54, 1.807) is 13.0 Å². The second-order valence-electron chi connectivity index (χ2n) is 5.95. The number of ether oxygens (including phenoxy) is 1. The van der Waals surface area contributed by atoms with Gasteiger partial charge in [0.05, 0.1) is 6.61 Å². The summed E-state index contributed by atoms with van der Waals surface area (Å²) < 4.78 is 11.0. The lowest BCUT2D eigenvalue weighted by atomic mass is 9.92. The normalized spacial score (nSPS) is 11.9. The van der Waals surface area contributed by atoms with Crippen LogP contribution in [0.5, 0.6) is 0 Å². The first kappa shape index (κ1) is 13.4. The highest BCUT2D eigenvalue weighted by atomic mass is 16.5. The van der Waals surface area contributed by atoms with Crippen molar-refractivity contribution in [3.63, 3.8) is 0 Å². The molecule has 5 aromatic rings. The van der Waals surface area contributed by atoms with Crippen molar-refractivity contribution in [2.24, 2.45) is 0 Å². The molecule has 0 atom stereocenters. The zero-order chi connectivity index (χ0) is 16.3. The van der Waals surface area contributed by atoms with Crippen molar-refractivity contribution in [2.75, 3.05) is 6.61 Å². The SMILES string of the molecule is CCOC(=O)c1cc2c3cccc4ccc5cccc(c2o1)c5c43. The van der Waals surface area contributed by atoms with Gasteiger partial charge in [0.15, 0.2) is 0 Å². The van der Waals surface area contributed by atoms with Crippen LogP contribution in [-0.4, -0.2) is 12.6 Å². The van der Waals surface area contributed by atoms with Crippen LogP contribution >= 0.6 is 0 Å². The molecule has 0 aliphatic heterocycles. The third-order valence-electron chi connectivity index (χ3n) is 4.63. The molecule has 0 saturated carbocycles. The van der Waals surface area contributed by atoms with Gasteiger partial charge in [-0.15, -0.1) is 0 Å². The van der Waals surface area contributed by atoms with Gasteiger partial charge >= 0.3 is 5.97 Å². The van der Waals surface area contributed by atoms with Gasteiger partial charge in [-0.05, 0) is 34.5 Å². The minimum atomic E-state index is -0.421. The Morgan fingerprint density at radius 2 is 1.58 bits per heavy atom. The topological polar surface area (TPSA) is 39.4 Å². The molecule has 0 amide bonds. The molecule has 1 aromatic heterocycles. The lowest BCUT2D eigenvalue weighted by molar-refractivity contribution is 0.0493. The first-order valence-corrected chi connectivity index (χ1v) is 8.04. The summed E-state index contributed by atoms with van der Waals surface area (Å²) in [5.41, 5.74) is 0.745. The number of rotatable bonds is 2. The van der Waals surface area contributed by atoms with Gasteiger partial charge in [-0.1, -0.05) is 48.5 Å². The molecule has 116 valence electrons. The van der Waals surface area contributed by atoms with Crippen molar-refractivity contribution in [3.8, 4) is 0 Å². The summed E-state index contributed by atoms with van der Waals surface area (Å²) in [6.07, 6.45) is 0. The number of benzene rings is 4. The van der Waals surface area contributed by atoms with Crippen LogP contribution in [0.1, 0.15) is 17.5 Å². The van der Waals surface area contributed by atoms with Gasteiger partial charge in [-0.3, -0.25) is 0 Å². The maximum absolute atomic E-state index is 12.1. The summed E-state index contributed by atoms with van der Waals surface area (Å²) in [5.74, 6) is -0.168. The molecule has 0 spiro atoms. The van der Waals surface area contributed by atoms with Gasteiger partial charge < -0.3 is 9.15 Å². The van der Waals surface area contributed by atoms with E-state index in [2.05, 4.69) is 36.4 Å². The molecule has 3 heteroatoms. The zero-order valence-corrected chi connectivity index (χ0v) is 13.1. The Hall–Kier alpha value is -3.07. The van der Waals surface area contributed by atoms with E-state index in [0.717, 1.165) is 21.7 Å². The average molecular weight is 314 g/mol. The molecule has 0 aliphatic rings. The Labute approximate surface area is 137 Å². The number of carbonyl (C=O) groups excluding carboxylic acids is 1. The van der Waals surface area contributed by atoms with Crippen LogP contribution in [0, 0.1) is 0 Å². The van der Waals surface area contributed by atoms with Crippen molar-refractivity contribution < 1.29 is 13.9 Å². The largest absolute Gasteiger partial charge is 0.460 e. The van der Waals surface area contributed by atoms with Crippen LogP contribution in [0.3, 0.4) is 0 Å². The van der Waals surface area contributed by atoms with Gasteiger partial charge in [0, 0.05) is 16.2 Å². The number of hydrogen-bond acceptors (Lipinski definition) is 3. The van der Waals surface area contributed by atoms with Crippen LogP contribution in [0.4, 0.5) is 0 Å². The van der Waals surface area contributed by atoms with E-state index < -0.39 is 5.97 Å². The maximum atomic E-state index is 12.1. The van der Waals surface area contributed by atoms with E-state index in [9.17, 15) is 4.79 Å². The van der Waals surface area contributed by atoms with Gasteiger partial charge in [0.1, 0.15) is 5.58 Å². The molecule has 1 heterocycles. The molecule has 0 fully saturated rings. The predicted octanol–water partition coefficient (Wildman–Crippen LogP) is 5.51. The number of hydrogen-bond donors (Lipinski definition) is 0. The summed E-state index contributed by atoms with van der Waals surface area (Å²) in [6.45, 7) is 2.12. The fraction of sp³-hybridized carbons (Fsp3) is 0.0952. The van der Waals surface area contributed by atoms with Crippen molar-refractivity contribution in [2.45, 2.75) is 6.92 Å². The van der Waals surface area contributed by atoms with E-state index in [4.69, 9.17) is 9.15 Å². The Balaban J connectivity index is 2.03. The molecule has 0 unspecified atom stereocenters. The predicted molar refractivity (Wildman–Crippen MR) is 95.9 cm³/mol. The Morgan fingerprint density at radius 3 is 2.29 bits per heavy atom. The number of carbonyl (C=O) groups is 1. The lowest BCUT2D eigenvalue weighted by Gasteiger charge is -2.11. The van der Waals surface area contributed by atoms with Crippen molar-refractivity contribution >= 4 is 49.3 Å². The van der Waals surface area contributed by atoms with E-state index >= 15 is 0 Å². The minimum Gasteiger partial charge on any atom is -0.460 e. The number of furan rings is 1. The third-order valence-corrected chi connectivity index (χ3v) is 4.63. The lowest BCUT2D eigenvalue weighted by Crippen LogP contribution is -2.02. The highest BCUT2D eigenvalue weighted by Gasteiger charge is 2.19. The molecule has 0 radical (unpaired) electrons. The van der Waals surface area contributed by atoms with Gasteiger partial charge in [0.25, 0.3) is 0 Å². The molecule has 3 nitrogen and oxygen atoms in total. The van der Waals surface area contributed by atoms with Crippen molar-refractivity contribution in [1.29, 1.82) is 0 Å². The van der Waals surface area contributed by atoms with Gasteiger partial charge in [-0.25, -0.2) is 4.79 Å². The summed E-state index contributed by atoms with van der Waals surface area (Å²) >= 11 is 0. The summed E-state index contributed by atoms with van der Waals surface area (Å²) in [5, 5.41) is 7.85.